The highest BCUT2D eigenvalue weighted by atomic mass is 35.5. The molecule has 0 aromatic heterocycles. The summed E-state index contributed by atoms with van der Waals surface area (Å²) in [5.74, 6) is -0.891. The van der Waals surface area contributed by atoms with E-state index < -0.39 is 11.9 Å². The van der Waals surface area contributed by atoms with Crippen molar-refractivity contribution in [3.8, 4) is 0 Å². The van der Waals surface area contributed by atoms with E-state index >= 15 is 0 Å². The number of amides is 2. The third-order valence-corrected chi connectivity index (χ3v) is 4.51. The van der Waals surface area contributed by atoms with Crippen LogP contribution in [-0.4, -0.2) is 30.4 Å². The van der Waals surface area contributed by atoms with Crippen molar-refractivity contribution in [2.75, 3.05) is 11.4 Å². The molecule has 126 valence electrons. The van der Waals surface area contributed by atoms with Crippen molar-refractivity contribution in [1.29, 1.82) is 0 Å². The van der Waals surface area contributed by atoms with Crippen LogP contribution < -0.4 is 16.0 Å². The number of anilines is 1. The van der Waals surface area contributed by atoms with Crippen molar-refractivity contribution in [2.45, 2.75) is 37.8 Å². The van der Waals surface area contributed by atoms with Gasteiger partial charge in [-0.05, 0) is 37.8 Å². The number of nitrogens with one attached hydrogen (secondary N) is 1. The normalized spacial score (nSPS) is 27.0. The van der Waals surface area contributed by atoms with E-state index in [9.17, 15) is 14.0 Å². The van der Waals surface area contributed by atoms with Crippen LogP contribution in [0.5, 0.6) is 0 Å². The van der Waals surface area contributed by atoms with Crippen LogP contribution in [0.25, 0.3) is 0 Å². The lowest BCUT2D eigenvalue weighted by Gasteiger charge is -2.18. The van der Waals surface area contributed by atoms with Gasteiger partial charge in [-0.15, -0.1) is 12.4 Å². The molecule has 5 nitrogen and oxygen atoms in total. The van der Waals surface area contributed by atoms with Crippen molar-refractivity contribution >= 4 is 29.9 Å². The molecule has 3 atom stereocenters. The summed E-state index contributed by atoms with van der Waals surface area (Å²) in [6.45, 7) is 0.412. The lowest BCUT2D eigenvalue weighted by Crippen LogP contribution is -2.44. The van der Waals surface area contributed by atoms with E-state index in [1.54, 1.807) is 18.2 Å². The summed E-state index contributed by atoms with van der Waals surface area (Å²) >= 11 is 0. The summed E-state index contributed by atoms with van der Waals surface area (Å²) in [7, 11) is 0. The molecule has 3 N–H and O–H groups in total. The van der Waals surface area contributed by atoms with Crippen molar-refractivity contribution in [3.05, 3.63) is 30.1 Å². The van der Waals surface area contributed by atoms with Crippen LogP contribution in [0.3, 0.4) is 0 Å². The Labute approximate surface area is 140 Å². The minimum absolute atomic E-state index is 0. The molecule has 0 spiro atoms. The molecule has 1 aromatic carbocycles. The molecule has 0 bridgehead atoms. The molecule has 1 aromatic rings. The molecule has 1 aliphatic heterocycles. The number of nitrogens with zero attached hydrogens (tertiary/aromatic N) is 1. The van der Waals surface area contributed by atoms with Gasteiger partial charge in [0.1, 0.15) is 11.9 Å². The second-order valence-electron chi connectivity index (χ2n) is 6.06. The molecule has 2 aliphatic rings. The van der Waals surface area contributed by atoms with Crippen molar-refractivity contribution in [3.63, 3.8) is 0 Å². The average Bonchev–Trinajstić information content (AvgIpc) is 3.07. The molecule has 3 unspecified atom stereocenters. The Morgan fingerprint density at radius 3 is 2.65 bits per heavy atom. The SMILES string of the molecule is Cl.NC1CCC(C(=O)NC2CCN(c3ccccc3F)C2=O)C1. The number of hydrogen-bond acceptors (Lipinski definition) is 3. The zero-order chi connectivity index (χ0) is 15.7. The van der Waals surface area contributed by atoms with Gasteiger partial charge in [-0.1, -0.05) is 12.1 Å². The van der Waals surface area contributed by atoms with Crippen LogP contribution in [0.1, 0.15) is 25.7 Å². The molecule has 23 heavy (non-hydrogen) atoms. The fourth-order valence-electron chi connectivity index (χ4n) is 3.27. The zero-order valence-electron chi connectivity index (χ0n) is 12.7. The van der Waals surface area contributed by atoms with E-state index in [0.29, 0.717) is 19.4 Å². The first-order valence-electron chi connectivity index (χ1n) is 7.68. The summed E-state index contributed by atoms with van der Waals surface area (Å²) < 4.78 is 13.8. The summed E-state index contributed by atoms with van der Waals surface area (Å²) in [4.78, 5) is 26.0. The highest BCUT2D eigenvalue weighted by molar-refractivity contribution is 6.01. The topological polar surface area (TPSA) is 75.4 Å². The van der Waals surface area contributed by atoms with Gasteiger partial charge in [0.15, 0.2) is 0 Å². The summed E-state index contributed by atoms with van der Waals surface area (Å²) in [5.41, 5.74) is 6.09. The van der Waals surface area contributed by atoms with E-state index in [-0.39, 0.29) is 41.9 Å². The van der Waals surface area contributed by atoms with Crippen molar-refractivity contribution in [1.82, 2.24) is 5.32 Å². The molecular weight excluding hydrogens is 321 g/mol. The number of hydrogen-bond donors (Lipinski definition) is 2. The van der Waals surface area contributed by atoms with Crippen LogP contribution in [0.4, 0.5) is 10.1 Å². The molecule has 3 rings (SSSR count). The molecule has 2 amide bonds. The number of carbonyl (C=O) groups excluding carboxylic acids is 2. The van der Waals surface area contributed by atoms with Gasteiger partial charge in [0.2, 0.25) is 11.8 Å². The van der Waals surface area contributed by atoms with Gasteiger partial charge in [-0.2, -0.15) is 0 Å². The van der Waals surface area contributed by atoms with Crippen molar-refractivity contribution in [2.24, 2.45) is 11.7 Å². The minimum atomic E-state index is -0.566. The summed E-state index contributed by atoms with van der Waals surface area (Å²) in [6, 6.07) is 5.69. The molecule has 1 aliphatic carbocycles. The summed E-state index contributed by atoms with van der Waals surface area (Å²) in [5, 5.41) is 2.80. The van der Waals surface area contributed by atoms with Gasteiger partial charge in [-0.25, -0.2) is 4.39 Å². The lowest BCUT2D eigenvalue weighted by atomic mass is 10.1. The Morgan fingerprint density at radius 1 is 1.26 bits per heavy atom. The summed E-state index contributed by atoms with van der Waals surface area (Å²) in [6.07, 6.45) is 2.78. The smallest absolute Gasteiger partial charge is 0.249 e. The van der Waals surface area contributed by atoms with Crippen LogP contribution in [-0.2, 0) is 9.59 Å². The van der Waals surface area contributed by atoms with Gasteiger partial charge in [0, 0.05) is 18.5 Å². The molecular formula is C16H21ClFN3O2. The number of halogens is 2. The average molecular weight is 342 g/mol. The zero-order valence-corrected chi connectivity index (χ0v) is 13.5. The Bertz CT molecular complexity index is 598. The maximum Gasteiger partial charge on any atom is 0.249 e. The number of rotatable bonds is 3. The molecule has 7 heteroatoms. The maximum absolute atomic E-state index is 13.8. The van der Waals surface area contributed by atoms with Crippen LogP contribution in [0.15, 0.2) is 24.3 Å². The van der Waals surface area contributed by atoms with E-state index in [1.807, 2.05) is 0 Å². The number of carbonyl (C=O) groups is 2. The van der Waals surface area contributed by atoms with Crippen molar-refractivity contribution < 1.29 is 14.0 Å². The number of benzene rings is 1. The van der Waals surface area contributed by atoms with Crippen LogP contribution in [0, 0.1) is 11.7 Å². The Morgan fingerprint density at radius 2 is 2.00 bits per heavy atom. The van der Waals surface area contributed by atoms with Gasteiger partial charge in [0.05, 0.1) is 5.69 Å². The van der Waals surface area contributed by atoms with E-state index in [1.165, 1.54) is 11.0 Å². The predicted molar refractivity (Wildman–Crippen MR) is 87.9 cm³/mol. The Hall–Kier alpha value is -1.66. The first kappa shape index (κ1) is 17.7. The highest BCUT2D eigenvalue weighted by Gasteiger charge is 2.37. The standard InChI is InChI=1S/C16H20FN3O2.ClH/c17-12-3-1-2-4-14(12)20-8-7-13(16(20)22)19-15(21)10-5-6-11(18)9-10;/h1-4,10-11,13H,5-9,18H2,(H,19,21);1H. The monoisotopic (exact) mass is 341 g/mol. The fraction of sp³-hybridized carbons (Fsp3) is 0.500. The Balaban J connectivity index is 0.00000192. The molecule has 1 saturated heterocycles. The molecule has 0 radical (unpaired) electrons. The quantitative estimate of drug-likeness (QED) is 0.876. The van der Waals surface area contributed by atoms with E-state index in [0.717, 1.165) is 12.8 Å². The van der Waals surface area contributed by atoms with Gasteiger partial charge in [-0.3, -0.25) is 9.59 Å². The van der Waals surface area contributed by atoms with Gasteiger partial charge in [0.25, 0.3) is 0 Å². The van der Waals surface area contributed by atoms with Gasteiger partial charge < -0.3 is 16.0 Å². The molecule has 1 heterocycles. The number of para-hydroxylation sites is 1. The lowest BCUT2D eigenvalue weighted by molar-refractivity contribution is -0.129. The molecule has 2 fully saturated rings. The second-order valence-corrected chi connectivity index (χ2v) is 6.06. The third kappa shape index (κ3) is 3.64. The van der Waals surface area contributed by atoms with Crippen LogP contribution >= 0.6 is 12.4 Å². The molecule has 1 saturated carbocycles. The first-order chi connectivity index (χ1) is 10.6. The first-order valence-corrected chi connectivity index (χ1v) is 7.68. The highest BCUT2D eigenvalue weighted by Crippen LogP contribution is 2.27. The van der Waals surface area contributed by atoms with E-state index in [4.69, 9.17) is 5.73 Å². The minimum Gasteiger partial charge on any atom is -0.344 e. The maximum atomic E-state index is 13.8. The second kappa shape index (κ2) is 7.27. The Kier molecular flexibility index (Phi) is 5.59. The third-order valence-electron chi connectivity index (χ3n) is 4.51. The van der Waals surface area contributed by atoms with Gasteiger partial charge >= 0.3 is 0 Å². The largest absolute Gasteiger partial charge is 0.344 e. The fourth-order valence-corrected chi connectivity index (χ4v) is 3.27. The van der Waals surface area contributed by atoms with Crippen LogP contribution in [0.2, 0.25) is 0 Å². The number of nitrogens with two attached hydrogens (primary N) is 1. The van der Waals surface area contributed by atoms with E-state index in [2.05, 4.69) is 5.32 Å². The predicted octanol–water partition coefficient (Wildman–Crippen LogP) is 1.60.